The Bertz CT molecular complexity index is 527. The molecule has 0 bridgehead atoms. The van der Waals surface area contributed by atoms with Gasteiger partial charge in [0.2, 0.25) is 0 Å². The van der Waals surface area contributed by atoms with Gasteiger partial charge >= 0.3 is 6.18 Å². The monoisotopic (exact) mass is 355 g/mol. The zero-order valence-corrected chi connectivity index (χ0v) is 11.6. The first-order chi connectivity index (χ1) is 9.30. The second kappa shape index (κ2) is 5.69. The Morgan fingerprint density at radius 3 is 2.65 bits per heavy atom. The van der Waals surface area contributed by atoms with Crippen molar-refractivity contribution in [3.63, 3.8) is 0 Å². The minimum atomic E-state index is -4.85. The number of hydrogen-bond donors (Lipinski definition) is 1. The predicted octanol–water partition coefficient (Wildman–Crippen LogP) is 3.13. The number of ether oxygens (including phenoxy) is 1. The smallest absolute Gasteiger partial charge is 0.379 e. The number of rotatable bonds is 2. The maximum Gasteiger partial charge on any atom is 0.419 e. The molecule has 1 amide bonds. The molecule has 1 aromatic carbocycles. The zero-order valence-electron chi connectivity index (χ0n) is 10.1. The van der Waals surface area contributed by atoms with E-state index in [1.807, 2.05) is 0 Å². The van der Waals surface area contributed by atoms with E-state index in [0.29, 0.717) is 19.1 Å². The van der Waals surface area contributed by atoms with Gasteiger partial charge in [-0.3, -0.25) is 4.79 Å². The molecular formula is C12H10BrF4NO2. The highest BCUT2D eigenvalue weighted by Crippen LogP contribution is 2.34. The van der Waals surface area contributed by atoms with Crippen LogP contribution in [0.4, 0.5) is 17.6 Å². The highest BCUT2D eigenvalue weighted by atomic mass is 79.9. The lowest BCUT2D eigenvalue weighted by atomic mass is 10.1. The fourth-order valence-electron chi connectivity index (χ4n) is 1.89. The highest BCUT2D eigenvalue weighted by Gasteiger charge is 2.37. The number of benzene rings is 1. The average Bonchev–Trinajstić information content (AvgIpc) is 2.79. The van der Waals surface area contributed by atoms with Crippen LogP contribution in [0.15, 0.2) is 16.6 Å². The summed E-state index contributed by atoms with van der Waals surface area (Å²) in [7, 11) is 0. The van der Waals surface area contributed by atoms with Gasteiger partial charge in [-0.15, -0.1) is 0 Å². The van der Waals surface area contributed by atoms with Crippen LogP contribution >= 0.6 is 15.9 Å². The maximum atomic E-state index is 13.9. The first-order valence-corrected chi connectivity index (χ1v) is 6.54. The van der Waals surface area contributed by atoms with E-state index < -0.39 is 29.0 Å². The molecule has 1 aliphatic rings. The van der Waals surface area contributed by atoms with Crippen molar-refractivity contribution in [1.29, 1.82) is 0 Å². The molecule has 0 radical (unpaired) electrons. The van der Waals surface area contributed by atoms with Gasteiger partial charge in [-0.2, -0.15) is 13.2 Å². The summed E-state index contributed by atoms with van der Waals surface area (Å²) in [6, 6.07) is 1.28. The molecule has 0 spiro atoms. The fourth-order valence-corrected chi connectivity index (χ4v) is 2.37. The second-order valence-corrected chi connectivity index (χ2v) is 5.17. The Hall–Kier alpha value is -1.15. The fraction of sp³-hybridized carbons (Fsp3) is 0.417. The average molecular weight is 356 g/mol. The van der Waals surface area contributed by atoms with Crippen LogP contribution in [0.5, 0.6) is 0 Å². The van der Waals surface area contributed by atoms with E-state index >= 15 is 0 Å². The van der Waals surface area contributed by atoms with Gasteiger partial charge in [-0.05, 0) is 34.5 Å². The highest BCUT2D eigenvalue weighted by molar-refractivity contribution is 9.10. The molecule has 1 aromatic rings. The van der Waals surface area contributed by atoms with Gasteiger partial charge in [0.05, 0.1) is 23.8 Å². The summed E-state index contributed by atoms with van der Waals surface area (Å²) in [6.07, 6.45) is -4.31. The Balaban J connectivity index is 2.32. The molecule has 1 atom stereocenters. The van der Waals surface area contributed by atoms with Crippen LogP contribution in [-0.4, -0.2) is 25.2 Å². The third-order valence-electron chi connectivity index (χ3n) is 2.89. The second-order valence-electron chi connectivity index (χ2n) is 4.32. The third kappa shape index (κ3) is 3.12. The van der Waals surface area contributed by atoms with E-state index in [0.717, 1.165) is 6.07 Å². The Morgan fingerprint density at radius 1 is 1.40 bits per heavy atom. The third-order valence-corrected chi connectivity index (χ3v) is 3.55. The zero-order chi connectivity index (χ0) is 14.9. The van der Waals surface area contributed by atoms with Crippen molar-refractivity contribution < 1.29 is 27.1 Å². The molecule has 1 heterocycles. The molecule has 1 aliphatic heterocycles. The van der Waals surface area contributed by atoms with Crippen molar-refractivity contribution in [3.8, 4) is 0 Å². The number of halogens is 5. The molecule has 110 valence electrons. The van der Waals surface area contributed by atoms with Gasteiger partial charge in [0, 0.05) is 11.1 Å². The first kappa shape index (κ1) is 15.2. The molecule has 0 aromatic heterocycles. The van der Waals surface area contributed by atoms with Gasteiger partial charge in [0.1, 0.15) is 5.82 Å². The number of carbonyl (C=O) groups excluding carboxylic acids is 1. The van der Waals surface area contributed by atoms with Crippen LogP contribution in [0, 0.1) is 5.82 Å². The summed E-state index contributed by atoms with van der Waals surface area (Å²) in [5.74, 6) is -2.47. The van der Waals surface area contributed by atoms with Crippen molar-refractivity contribution in [2.45, 2.75) is 18.6 Å². The van der Waals surface area contributed by atoms with Crippen molar-refractivity contribution in [3.05, 3.63) is 33.5 Å². The van der Waals surface area contributed by atoms with E-state index in [-0.39, 0.29) is 17.1 Å². The van der Waals surface area contributed by atoms with Crippen LogP contribution in [0.3, 0.4) is 0 Å². The SMILES string of the molecule is O=C(NC1CCOC1)c1c(Br)ccc(C(F)(F)F)c1F. The quantitative estimate of drug-likeness (QED) is 0.827. The molecule has 0 aliphatic carbocycles. The van der Waals surface area contributed by atoms with E-state index in [1.54, 1.807) is 0 Å². The van der Waals surface area contributed by atoms with Crippen molar-refractivity contribution in [2.24, 2.45) is 0 Å². The van der Waals surface area contributed by atoms with Crippen molar-refractivity contribution >= 4 is 21.8 Å². The summed E-state index contributed by atoms with van der Waals surface area (Å²) >= 11 is 2.90. The topological polar surface area (TPSA) is 38.3 Å². The molecule has 3 nitrogen and oxygen atoms in total. The molecular weight excluding hydrogens is 346 g/mol. The molecule has 20 heavy (non-hydrogen) atoms. The molecule has 0 saturated carbocycles. The summed E-state index contributed by atoms with van der Waals surface area (Å²) in [5.41, 5.74) is -2.11. The predicted molar refractivity (Wildman–Crippen MR) is 65.8 cm³/mol. The van der Waals surface area contributed by atoms with Gasteiger partial charge in [-0.25, -0.2) is 4.39 Å². The van der Waals surface area contributed by atoms with Crippen molar-refractivity contribution in [2.75, 3.05) is 13.2 Å². The molecule has 8 heteroatoms. The number of carbonyl (C=O) groups is 1. The normalized spacial score (nSPS) is 19.1. The van der Waals surface area contributed by atoms with Gasteiger partial charge in [0.15, 0.2) is 0 Å². The molecule has 1 unspecified atom stereocenters. The Morgan fingerprint density at radius 2 is 2.10 bits per heavy atom. The summed E-state index contributed by atoms with van der Waals surface area (Å²) in [6.45, 7) is 0.723. The van der Waals surface area contributed by atoms with Crippen LogP contribution in [0.2, 0.25) is 0 Å². The van der Waals surface area contributed by atoms with Gasteiger partial charge in [-0.1, -0.05) is 0 Å². The molecule has 2 rings (SSSR count). The standard InChI is InChI=1S/C12H10BrF4NO2/c13-8-2-1-7(12(15,16)17)10(14)9(8)11(19)18-6-3-4-20-5-6/h1-2,6H,3-5H2,(H,18,19). The van der Waals surface area contributed by atoms with Crippen molar-refractivity contribution in [1.82, 2.24) is 5.32 Å². The maximum absolute atomic E-state index is 13.9. The molecule has 1 saturated heterocycles. The van der Waals surface area contributed by atoms with Crippen LogP contribution in [0.1, 0.15) is 22.3 Å². The van der Waals surface area contributed by atoms with E-state index in [1.165, 1.54) is 0 Å². The lowest BCUT2D eigenvalue weighted by Crippen LogP contribution is -2.36. The van der Waals surface area contributed by atoms with Gasteiger partial charge < -0.3 is 10.1 Å². The minimum Gasteiger partial charge on any atom is -0.379 e. The number of alkyl halides is 3. The lowest BCUT2D eigenvalue weighted by molar-refractivity contribution is -0.140. The number of amides is 1. The summed E-state index contributed by atoms with van der Waals surface area (Å²) < 4.78 is 56.8. The Kier molecular flexibility index (Phi) is 4.33. The minimum absolute atomic E-state index is 0.0283. The van der Waals surface area contributed by atoms with Crippen LogP contribution < -0.4 is 5.32 Å². The van der Waals surface area contributed by atoms with Gasteiger partial charge in [0.25, 0.3) is 5.91 Å². The number of hydrogen-bond acceptors (Lipinski definition) is 2. The first-order valence-electron chi connectivity index (χ1n) is 5.74. The van der Waals surface area contributed by atoms with Crippen LogP contribution in [-0.2, 0) is 10.9 Å². The van der Waals surface area contributed by atoms with E-state index in [2.05, 4.69) is 21.2 Å². The largest absolute Gasteiger partial charge is 0.419 e. The molecule has 1 fully saturated rings. The van der Waals surface area contributed by atoms with Crippen LogP contribution in [0.25, 0.3) is 0 Å². The number of nitrogens with one attached hydrogen (secondary N) is 1. The molecule has 1 N–H and O–H groups in total. The Labute approximate surface area is 120 Å². The van der Waals surface area contributed by atoms with E-state index in [4.69, 9.17) is 4.74 Å². The van der Waals surface area contributed by atoms with E-state index in [9.17, 15) is 22.4 Å². The lowest BCUT2D eigenvalue weighted by Gasteiger charge is -2.15. The summed E-state index contributed by atoms with van der Waals surface area (Å²) in [5, 5.41) is 2.45. The summed E-state index contributed by atoms with van der Waals surface area (Å²) in [4.78, 5) is 11.9.